The number of hydrogen-bond donors (Lipinski definition) is 0. The van der Waals surface area contributed by atoms with Crippen molar-refractivity contribution in [2.75, 3.05) is 31.2 Å². The summed E-state index contributed by atoms with van der Waals surface area (Å²) in [4.78, 5) is 12.8. The van der Waals surface area contributed by atoms with Crippen molar-refractivity contribution >= 4 is 15.9 Å². The Labute approximate surface area is 89.6 Å². The number of rotatable bonds is 2. The summed E-state index contributed by atoms with van der Waals surface area (Å²) in [5.74, 6) is 0.0669. The smallest absolute Gasteiger partial charge is 0.410 e. The Morgan fingerprint density at radius 2 is 2.00 bits per heavy atom. The van der Waals surface area contributed by atoms with Crippen LogP contribution in [-0.4, -0.2) is 50.6 Å². The van der Waals surface area contributed by atoms with E-state index in [-0.39, 0.29) is 31.2 Å². The molecule has 0 spiro atoms. The van der Waals surface area contributed by atoms with E-state index in [1.807, 2.05) is 6.92 Å². The van der Waals surface area contributed by atoms with Gasteiger partial charge in [0, 0.05) is 13.1 Å². The molecule has 86 valence electrons. The highest BCUT2D eigenvalue weighted by Gasteiger charge is 2.25. The highest BCUT2D eigenvalue weighted by molar-refractivity contribution is 7.91. The van der Waals surface area contributed by atoms with Crippen LogP contribution in [0.25, 0.3) is 0 Å². The Hall–Kier alpha value is -1.04. The van der Waals surface area contributed by atoms with Gasteiger partial charge in [0.05, 0.1) is 11.5 Å². The summed E-state index contributed by atoms with van der Waals surface area (Å²) < 4.78 is 27.1. The van der Waals surface area contributed by atoms with E-state index in [2.05, 4.69) is 0 Å². The first-order valence-corrected chi connectivity index (χ1v) is 6.60. The number of hydrogen-bond acceptors (Lipinski definition) is 4. The lowest BCUT2D eigenvalue weighted by Gasteiger charge is -2.25. The fraction of sp³-hybridized carbons (Fsp3) is 0.667. The number of carbonyl (C=O) groups excluding carboxylic acids is 1. The van der Waals surface area contributed by atoms with Crippen LogP contribution in [-0.2, 0) is 14.6 Å². The van der Waals surface area contributed by atoms with Crippen molar-refractivity contribution in [1.82, 2.24) is 4.90 Å². The van der Waals surface area contributed by atoms with Gasteiger partial charge in [-0.2, -0.15) is 0 Å². The van der Waals surface area contributed by atoms with Gasteiger partial charge in [0.1, 0.15) is 6.61 Å². The molecule has 0 bridgehead atoms. The van der Waals surface area contributed by atoms with Gasteiger partial charge in [-0.05, 0) is 6.92 Å². The van der Waals surface area contributed by atoms with E-state index in [0.29, 0.717) is 0 Å². The lowest BCUT2D eigenvalue weighted by atomic mass is 10.5. The molecule has 1 amide bonds. The van der Waals surface area contributed by atoms with Gasteiger partial charge in [0.25, 0.3) is 0 Å². The average Bonchev–Trinajstić information content (AvgIpc) is 2.18. The van der Waals surface area contributed by atoms with Crippen molar-refractivity contribution in [3.63, 3.8) is 0 Å². The van der Waals surface area contributed by atoms with Gasteiger partial charge >= 0.3 is 6.09 Å². The van der Waals surface area contributed by atoms with E-state index in [1.165, 1.54) is 4.90 Å². The van der Waals surface area contributed by atoms with Crippen molar-refractivity contribution in [2.45, 2.75) is 6.92 Å². The number of sulfone groups is 1. The first kappa shape index (κ1) is 12.0. The molecular formula is C9H15NO4S. The zero-order chi connectivity index (χ0) is 11.3. The molecule has 1 aliphatic heterocycles. The quantitative estimate of drug-likeness (QED) is 0.649. The molecule has 1 heterocycles. The fourth-order valence-corrected chi connectivity index (χ4v) is 2.40. The number of ether oxygens (including phenoxy) is 1. The summed E-state index contributed by atoms with van der Waals surface area (Å²) in [5, 5.41) is 0. The molecule has 1 aliphatic rings. The summed E-state index contributed by atoms with van der Waals surface area (Å²) >= 11 is 0. The van der Waals surface area contributed by atoms with Crippen molar-refractivity contribution in [3.8, 4) is 0 Å². The van der Waals surface area contributed by atoms with E-state index in [0.717, 1.165) is 0 Å². The highest BCUT2D eigenvalue weighted by Crippen LogP contribution is 2.05. The molecule has 6 heteroatoms. The van der Waals surface area contributed by atoms with Crippen LogP contribution in [0.4, 0.5) is 4.79 Å². The average molecular weight is 233 g/mol. The minimum absolute atomic E-state index is 0.0334. The summed E-state index contributed by atoms with van der Waals surface area (Å²) in [6.07, 6.45) is 3.06. The third-order valence-corrected chi connectivity index (χ3v) is 3.75. The standard InChI is InChI=1S/C9H15NO4S/c1-2-3-6-14-9(11)10-4-7-15(12,13)8-5-10/h2-3H,4-8H2,1H3/b3-2-. The Balaban J connectivity index is 2.36. The van der Waals surface area contributed by atoms with Gasteiger partial charge in [-0.15, -0.1) is 0 Å². The second-order valence-electron chi connectivity index (χ2n) is 3.28. The molecule has 0 aliphatic carbocycles. The molecule has 0 aromatic rings. The van der Waals surface area contributed by atoms with Gasteiger partial charge in [-0.25, -0.2) is 13.2 Å². The van der Waals surface area contributed by atoms with Gasteiger partial charge in [-0.3, -0.25) is 0 Å². The zero-order valence-corrected chi connectivity index (χ0v) is 9.50. The molecule has 0 saturated carbocycles. The molecule has 1 fully saturated rings. The van der Waals surface area contributed by atoms with Gasteiger partial charge in [0.2, 0.25) is 0 Å². The second kappa shape index (κ2) is 5.16. The lowest BCUT2D eigenvalue weighted by molar-refractivity contribution is 0.116. The molecule has 5 nitrogen and oxygen atoms in total. The number of carbonyl (C=O) groups is 1. The number of nitrogens with zero attached hydrogens (tertiary/aromatic N) is 1. The molecule has 0 unspecified atom stereocenters. The van der Waals surface area contributed by atoms with Gasteiger partial charge < -0.3 is 9.64 Å². The first-order valence-electron chi connectivity index (χ1n) is 4.78. The fourth-order valence-electron chi connectivity index (χ4n) is 1.20. The van der Waals surface area contributed by atoms with Crippen molar-refractivity contribution < 1.29 is 17.9 Å². The van der Waals surface area contributed by atoms with Crippen molar-refractivity contribution in [2.24, 2.45) is 0 Å². The Morgan fingerprint density at radius 1 is 1.40 bits per heavy atom. The van der Waals surface area contributed by atoms with E-state index in [4.69, 9.17) is 4.74 Å². The molecule has 0 N–H and O–H groups in total. The Bertz CT molecular complexity index is 333. The highest BCUT2D eigenvalue weighted by atomic mass is 32.2. The third kappa shape index (κ3) is 3.91. The van der Waals surface area contributed by atoms with Crippen LogP contribution in [0.5, 0.6) is 0 Å². The minimum Gasteiger partial charge on any atom is -0.445 e. The van der Waals surface area contributed by atoms with Crippen molar-refractivity contribution in [3.05, 3.63) is 12.2 Å². The van der Waals surface area contributed by atoms with Crippen LogP contribution in [0.3, 0.4) is 0 Å². The maximum absolute atomic E-state index is 11.4. The topological polar surface area (TPSA) is 63.7 Å². The van der Waals surface area contributed by atoms with E-state index in [9.17, 15) is 13.2 Å². The summed E-state index contributed by atoms with van der Waals surface area (Å²) in [6, 6.07) is 0. The molecule has 1 rings (SSSR count). The van der Waals surface area contributed by atoms with Crippen LogP contribution in [0.1, 0.15) is 6.92 Å². The Kier molecular flexibility index (Phi) is 4.14. The van der Waals surface area contributed by atoms with E-state index < -0.39 is 15.9 Å². The minimum atomic E-state index is -2.94. The zero-order valence-electron chi connectivity index (χ0n) is 8.68. The number of allylic oxidation sites excluding steroid dienone is 1. The monoisotopic (exact) mass is 233 g/mol. The SMILES string of the molecule is C/C=C\COC(=O)N1CCS(=O)(=O)CC1. The molecular weight excluding hydrogens is 218 g/mol. The summed E-state index contributed by atoms with van der Waals surface area (Å²) in [5.41, 5.74) is 0. The summed E-state index contributed by atoms with van der Waals surface area (Å²) in [7, 11) is -2.94. The first-order chi connectivity index (χ1) is 7.05. The third-order valence-electron chi connectivity index (χ3n) is 2.14. The molecule has 0 atom stereocenters. The molecule has 0 aromatic carbocycles. The number of amides is 1. The second-order valence-corrected chi connectivity index (χ2v) is 5.59. The predicted octanol–water partition coefficient (Wildman–Crippen LogP) is 0.430. The normalized spacial score (nSPS) is 20.5. The maximum atomic E-state index is 11.4. The predicted molar refractivity (Wildman–Crippen MR) is 56.4 cm³/mol. The van der Waals surface area contributed by atoms with Crippen LogP contribution < -0.4 is 0 Å². The molecule has 1 saturated heterocycles. The van der Waals surface area contributed by atoms with Crippen LogP contribution in [0.15, 0.2) is 12.2 Å². The van der Waals surface area contributed by atoms with Crippen molar-refractivity contribution in [1.29, 1.82) is 0 Å². The van der Waals surface area contributed by atoms with Crippen LogP contribution >= 0.6 is 0 Å². The lowest BCUT2D eigenvalue weighted by Crippen LogP contribution is -2.43. The largest absolute Gasteiger partial charge is 0.445 e. The summed E-state index contributed by atoms with van der Waals surface area (Å²) in [6.45, 7) is 2.54. The van der Waals surface area contributed by atoms with E-state index >= 15 is 0 Å². The molecule has 15 heavy (non-hydrogen) atoms. The van der Waals surface area contributed by atoms with Crippen LogP contribution in [0, 0.1) is 0 Å². The maximum Gasteiger partial charge on any atom is 0.410 e. The van der Waals surface area contributed by atoms with Gasteiger partial charge in [0.15, 0.2) is 9.84 Å². The molecule has 0 aromatic heterocycles. The van der Waals surface area contributed by atoms with Gasteiger partial charge in [-0.1, -0.05) is 12.2 Å². The Morgan fingerprint density at radius 3 is 2.53 bits per heavy atom. The van der Waals surface area contributed by atoms with E-state index in [1.54, 1.807) is 12.2 Å². The molecule has 0 radical (unpaired) electrons. The van der Waals surface area contributed by atoms with Crippen LogP contribution in [0.2, 0.25) is 0 Å².